The van der Waals surface area contributed by atoms with Crippen LogP contribution in [0.5, 0.6) is 0 Å². The van der Waals surface area contributed by atoms with Gasteiger partial charge in [0, 0.05) is 31.9 Å². The predicted molar refractivity (Wildman–Crippen MR) is 99.6 cm³/mol. The van der Waals surface area contributed by atoms with Gasteiger partial charge in [0.1, 0.15) is 5.69 Å². The van der Waals surface area contributed by atoms with Crippen molar-refractivity contribution in [1.82, 2.24) is 0 Å². The van der Waals surface area contributed by atoms with Crippen molar-refractivity contribution in [2.75, 3.05) is 31.8 Å². The van der Waals surface area contributed by atoms with E-state index in [9.17, 15) is 14.9 Å². The number of hydrogen-bond acceptors (Lipinski definition) is 6. The zero-order valence-corrected chi connectivity index (χ0v) is 15.8. The van der Waals surface area contributed by atoms with Crippen molar-refractivity contribution >= 4 is 17.3 Å². The third-order valence-corrected chi connectivity index (χ3v) is 5.08. The first-order valence-electron chi connectivity index (χ1n) is 9.21. The van der Waals surface area contributed by atoms with Crippen molar-refractivity contribution in [2.45, 2.75) is 51.5 Å². The highest BCUT2D eigenvalue weighted by Crippen LogP contribution is 2.36. The maximum Gasteiger partial charge on any atom is 0.306 e. The number of anilines is 1. The van der Waals surface area contributed by atoms with E-state index >= 15 is 0 Å². The van der Waals surface area contributed by atoms with E-state index in [4.69, 9.17) is 9.47 Å². The highest BCUT2D eigenvalue weighted by molar-refractivity contribution is 5.71. The molecule has 0 unspecified atom stereocenters. The van der Waals surface area contributed by atoms with Crippen LogP contribution in [-0.4, -0.2) is 43.8 Å². The molecule has 0 N–H and O–H groups in total. The van der Waals surface area contributed by atoms with Crippen LogP contribution >= 0.6 is 0 Å². The van der Waals surface area contributed by atoms with Crippen molar-refractivity contribution in [1.29, 1.82) is 0 Å². The Morgan fingerprint density at radius 3 is 2.62 bits per heavy atom. The Bertz CT molecular complexity index is 628. The van der Waals surface area contributed by atoms with Gasteiger partial charge in [0.2, 0.25) is 0 Å². The Morgan fingerprint density at radius 2 is 2.08 bits per heavy atom. The summed E-state index contributed by atoms with van der Waals surface area (Å²) < 4.78 is 10.2. The smallest absolute Gasteiger partial charge is 0.306 e. The lowest BCUT2D eigenvalue weighted by Gasteiger charge is -2.35. The number of methoxy groups -OCH3 is 1. The van der Waals surface area contributed by atoms with Crippen LogP contribution in [0, 0.1) is 10.1 Å². The van der Waals surface area contributed by atoms with Gasteiger partial charge in [-0.2, -0.15) is 0 Å². The molecule has 0 bridgehead atoms. The number of nitro groups is 1. The topological polar surface area (TPSA) is 81.9 Å². The molecule has 1 fully saturated rings. The normalized spacial score (nSPS) is 16.1. The van der Waals surface area contributed by atoms with Gasteiger partial charge in [-0.25, -0.2) is 0 Å². The molecule has 0 radical (unpaired) electrons. The van der Waals surface area contributed by atoms with Crippen molar-refractivity contribution in [3.8, 4) is 0 Å². The molecule has 1 aliphatic rings. The average Bonchev–Trinajstić information content (AvgIpc) is 2.67. The summed E-state index contributed by atoms with van der Waals surface area (Å²) in [4.78, 5) is 25.1. The third kappa shape index (κ3) is 4.72. The molecule has 2 rings (SSSR count). The molecule has 1 saturated heterocycles. The van der Waals surface area contributed by atoms with E-state index in [1.54, 1.807) is 6.07 Å². The molecule has 0 spiro atoms. The van der Waals surface area contributed by atoms with Crippen molar-refractivity contribution in [3.05, 3.63) is 33.9 Å². The Kier molecular flexibility index (Phi) is 7.38. The Morgan fingerprint density at radius 1 is 1.38 bits per heavy atom. The Labute approximate surface area is 154 Å². The standard InChI is InChI=1S/C19H28N2O5/c1-4-14(13-19(22)25-3)15-6-7-17(18(12-15)21(23)24)20(5-2)16-8-10-26-11-9-16/h6-7,12,14,16H,4-5,8-11,13H2,1-3H3/t14-/m1/s1. The fraction of sp³-hybridized carbons (Fsp3) is 0.632. The Balaban J connectivity index is 2.35. The predicted octanol–water partition coefficient (Wildman–Crippen LogP) is 3.66. The van der Waals surface area contributed by atoms with Gasteiger partial charge in [-0.15, -0.1) is 0 Å². The zero-order valence-electron chi connectivity index (χ0n) is 15.8. The molecule has 0 amide bonds. The fourth-order valence-electron chi connectivity index (χ4n) is 3.59. The van der Waals surface area contributed by atoms with Gasteiger partial charge < -0.3 is 14.4 Å². The summed E-state index contributed by atoms with van der Waals surface area (Å²) in [5.41, 5.74) is 1.54. The summed E-state index contributed by atoms with van der Waals surface area (Å²) in [5, 5.41) is 11.7. The molecule has 26 heavy (non-hydrogen) atoms. The second-order valence-electron chi connectivity index (χ2n) is 6.52. The van der Waals surface area contributed by atoms with Crippen LogP contribution in [0.15, 0.2) is 18.2 Å². The van der Waals surface area contributed by atoms with E-state index in [0.717, 1.165) is 18.4 Å². The van der Waals surface area contributed by atoms with E-state index < -0.39 is 0 Å². The quantitative estimate of drug-likeness (QED) is 0.398. The molecular formula is C19H28N2O5. The first-order chi connectivity index (χ1) is 12.5. The van der Waals surface area contributed by atoms with Crippen LogP contribution in [0.2, 0.25) is 0 Å². The fourth-order valence-corrected chi connectivity index (χ4v) is 3.59. The van der Waals surface area contributed by atoms with E-state index in [1.807, 2.05) is 26.0 Å². The summed E-state index contributed by atoms with van der Waals surface area (Å²) in [5.74, 6) is -0.394. The highest BCUT2D eigenvalue weighted by Gasteiger charge is 2.27. The lowest BCUT2D eigenvalue weighted by atomic mass is 9.92. The minimum Gasteiger partial charge on any atom is -0.469 e. The average molecular weight is 364 g/mol. The van der Waals surface area contributed by atoms with Crippen molar-refractivity contribution < 1.29 is 19.2 Å². The minimum atomic E-state index is -0.328. The van der Waals surface area contributed by atoms with E-state index in [0.29, 0.717) is 31.9 Å². The minimum absolute atomic E-state index is 0.0895. The molecule has 144 valence electrons. The number of carbonyl (C=O) groups is 1. The number of esters is 1. The van der Waals surface area contributed by atoms with Gasteiger partial charge in [-0.1, -0.05) is 13.0 Å². The lowest BCUT2D eigenvalue weighted by Crippen LogP contribution is -2.39. The number of benzene rings is 1. The summed E-state index contributed by atoms with van der Waals surface area (Å²) in [6.07, 6.45) is 2.67. The molecule has 1 aromatic carbocycles. The molecular weight excluding hydrogens is 336 g/mol. The second kappa shape index (κ2) is 9.52. The van der Waals surface area contributed by atoms with Gasteiger partial charge in [0.15, 0.2) is 0 Å². The lowest BCUT2D eigenvalue weighted by molar-refractivity contribution is -0.384. The molecule has 7 heteroatoms. The molecule has 7 nitrogen and oxygen atoms in total. The zero-order chi connectivity index (χ0) is 19.1. The second-order valence-corrected chi connectivity index (χ2v) is 6.52. The van der Waals surface area contributed by atoms with Gasteiger partial charge >= 0.3 is 5.97 Å². The van der Waals surface area contributed by atoms with Crippen LogP contribution in [0.25, 0.3) is 0 Å². The number of ether oxygens (including phenoxy) is 2. The summed E-state index contributed by atoms with van der Waals surface area (Å²) in [7, 11) is 1.35. The van der Waals surface area contributed by atoms with Crippen LogP contribution in [0.1, 0.15) is 51.0 Å². The van der Waals surface area contributed by atoms with Crippen molar-refractivity contribution in [3.63, 3.8) is 0 Å². The molecule has 0 aliphatic carbocycles. The van der Waals surface area contributed by atoms with Crippen molar-refractivity contribution in [2.24, 2.45) is 0 Å². The van der Waals surface area contributed by atoms with Crippen LogP contribution in [-0.2, 0) is 14.3 Å². The summed E-state index contributed by atoms with van der Waals surface area (Å²) >= 11 is 0. The van der Waals surface area contributed by atoms with Gasteiger partial charge in [-0.3, -0.25) is 14.9 Å². The Hall–Kier alpha value is -2.15. The van der Waals surface area contributed by atoms with Gasteiger partial charge in [0.05, 0.1) is 18.5 Å². The van der Waals surface area contributed by atoms with E-state index in [2.05, 4.69) is 4.90 Å². The van der Waals surface area contributed by atoms with Crippen LogP contribution in [0.4, 0.5) is 11.4 Å². The van der Waals surface area contributed by atoms with Crippen LogP contribution in [0.3, 0.4) is 0 Å². The van der Waals surface area contributed by atoms with E-state index in [-0.39, 0.29) is 35.0 Å². The first kappa shape index (κ1) is 20.2. The molecule has 0 saturated carbocycles. The van der Waals surface area contributed by atoms with E-state index in [1.165, 1.54) is 7.11 Å². The maximum absolute atomic E-state index is 11.7. The molecule has 1 aromatic rings. The number of hydrogen-bond donors (Lipinski definition) is 0. The van der Waals surface area contributed by atoms with Crippen LogP contribution < -0.4 is 4.90 Å². The number of rotatable bonds is 8. The monoisotopic (exact) mass is 364 g/mol. The maximum atomic E-state index is 11.7. The van der Waals surface area contributed by atoms with Gasteiger partial charge in [0.25, 0.3) is 5.69 Å². The molecule has 1 heterocycles. The number of carbonyl (C=O) groups excluding carboxylic acids is 1. The molecule has 1 aliphatic heterocycles. The summed E-state index contributed by atoms with van der Waals surface area (Å²) in [6, 6.07) is 5.60. The molecule has 0 aromatic heterocycles. The number of nitrogens with zero attached hydrogens (tertiary/aromatic N) is 2. The third-order valence-electron chi connectivity index (χ3n) is 5.08. The number of nitro benzene ring substituents is 1. The first-order valence-corrected chi connectivity index (χ1v) is 9.21. The largest absolute Gasteiger partial charge is 0.469 e. The van der Waals surface area contributed by atoms with Gasteiger partial charge in [-0.05, 0) is 43.7 Å². The SMILES string of the molecule is CC[C@H](CC(=O)OC)c1ccc(N(CC)C2CCOCC2)c([N+](=O)[O-])c1. The molecule has 1 atom stereocenters. The highest BCUT2D eigenvalue weighted by atomic mass is 16.6. The summed E-state index contributed by atoms with van der Waals surface area (Å²) in [6.45, 7) is 6.05.